The number of fused-ring (bicyclic) bond motifs is 3. The van der Waals surface area contributed by atoms with Gasteiger partial charge < -0.3 is 19.3 Å². The van der Waals surface area contributed by atoms with Crippen LogP contribution in [0.15, 0.2) is 42.5 Å². The zero-order valence-corrected chi connectivity index (χ0v) is 24.1. The molecular weight excluding hydrogens is 573 g/mol. The number of carboxylic acids is 1. The standard InChI is InChI=1S/C28H32N2O6.C2HF3O2/c1-5-29-25(31)22-23(26(29)32)28(27(33)36-4)14-6-7-15-30(28)24(22)18-10-13-20(21(16-18)35-3)17-8-11-19(34-2)12-9-17;3-2(4,5)1(6)7/h8-13,16,22-24H,5-7,14-15H2,1-4H3;(H,6,7)/t22-,23-,24-,28+;/m1./s1. The molecule has 2 aromatic carbocycles. The average Bonchev–Trinajstić information content (AvgIpc) is 3.45. The summed E-state index contributed by atoms with van der Waals surface area (Å²) in [6.07, 6.45) is -2.90. The Morgan fingerprint density at radius 3 is 2.19 bits per heavy atom. The minimum Gasteiger partial charge on any atom is -0.497 e. The van der Waals surface area contributed by atoms with E-state index >= 15 is 0 Å². The van der Waals surface area contributed by atoms with Crippen molar-refractivity contribution in [2.24, 2.45) is 11.8 Å². The number of carbonyl (C=O) groups excluding carboxylic acids is 3. The Balaban J connectivity index is 0.000000541. The number of hydrogen-bond acceptors (Lipinski definition) is 8. The molecule has 3 fully saturated rings. The molecule has 232 valence electrons. The molecule has 0 saturated carbocycles. The first-order chi connectivity index (χ1) is 20.4. The van der Waals surface area contributed by atoms with Crippen LogP contribution < -0.4 is 9.47 Å². The summed E-state index contributed by atoms with van der Waals surface area (Å²) in [6.45, 7) is 2.69. The summed E-state index contributed by atoms with van der Waals surface area (Å²) in [4.78, 5) is 52.8. The predicted octanol–water partition coefficient (Wildman–Crippen LogP) is 4.08. The fourth-order valence-electron chi connectivity index (χ4n) is 6.63. The van der Waals surface area contributed by atoms with Gasteiger partial charge in [-0.3, -0.25) is 24.2 Å². The van der Waals surface area contributed by atoms with E-state index in [1.807, 2.05) is 42.5 Å². The molecule has 0 aliphatic carbocycles. The molecular formula is C30H33F3N2O8. The first-order valence-electron chi connectivity index (χ1n) is 13.7. The van der Waals surface area contributed by atoms with Crippen molar-refractivity contribution < 1.29 is 51.7 Å². The van der Waals surface area contributed by atoms with Crippen LogP contribution >= 0.6 is 0 Å². The summed E-state index contributed by atoms with van der Waals surface area (Å²) in [5.74, 6) is -3.65. The lowest BCUT2D eigenvalue weighted by molar-refractivity contribution is -0.192. The highest BCUT2D eigenvalue weighted by Crippen LogP contribution is 2.58. The highest BCUT2D eigenvalue weighted by molar-refractivity contribution is 6.09. The second-order valence-corrected chi connectivity index (χ2v) is 10.4. The van der Waals surface area contributed by atoms with E-state index in [0.717, 1.165) is 35.3 Å². The zero-order chi connectivity index (χ0) is 31.7. The fourth-order valence-corrected chi connectivity index (χ4v) is 6.63. The first-order valence-corrected chi connectivity index (χ1v) is 13.7. The number of methoxy groups -OCH3 is 3. The number of aliphatic carboxylic acids is 1. The predicted molar refractivity (Wildman–Crippen MR) is 146 cm³/mol. The summed E-state index contributed by atoms with van der Waals surface area (Å²) in [7, 11) is 4.60. The third-order valence-corrected chi connectivity index (χ3v) is 8.42. The van der Waals surface area contributed by atoms with E-state index in [1.165, 1.54) is 12.0 Å². The highest BCUT2D eigenvalue weighted by Gasteiger charge is 2.72. The number of ether oxygens (including phenoxy) is 3. The molecule has 43 heavy (non-hydrogen) atoms. The number of carboxylic acid groups (broad SMARTS) is 1. The van der Waals surface area contributed by atoms with E-state index in [0.29, 0.717) is 18.7 Å². The van der Waals surface area contributed by atoms with Crippen molar-refractivity contribution in [2.75, 3.05) is 34.4 Å². The van der Waals surface area contributed by atoms with E-state index < -0.39 is 41.5 Å². The van der Waals surface area contributed by atoms with Gasteiger partial charge in [-0.1, -0.05) is 24.3 Å². The monoisotopic (exact) mass is 606 g/mol. The molecule has 3 aliphatic rings. The lowest BCUT2D eigenvalue weighted by Crippen LogP contribution is -2.59. The normalized spacial score (nSPS) is 24.9. The molecule has 3 aliphatic heterocycles. The average molecular weight is 607 g/mol. The summed E-state index contributed by atoms with van der Waals surface area (Å²) in [5, 5.41) is 7.12. The number of rotatable bonds is 6. The smallest absolute Gasteiger partial charge is 0.490 e. The molecule has 0 aromatic heterocycles. The van der Waals surface area contributed by atoms with Crippen molar-refractivity contribution in [3.8, 4) is 22.6 Å². The topological polar surface area (TPSA) is 123 Å². The van der Waals surface area contributed by atoms with Crippen LogP contribution in [0.4, 0.5) is 13.2 Å². The Morgan fingerprint density at radius 1 is 1.00 bits per heavy atom. The highest BCUT2D eigenvalue weighted by atomic mass is 19.4. The molecule has 0 bridgehead atoms. The number of esters is 1. The molecule has 0 spiro atoms. The molecule has 2 aromatic rings. The number of alkyl halides is 3. The molecule has 5 rings (SSSR count). The van der Waals surface area contributed by atoms with Crippen molar-refractivity contribution in [1.82, 2.24) is 9.80 Å². The van der Waals surface area contributed by atoms with E-state index in [-0.39, 0.29) is 18.4 Å². The second-order valence-electron chi connectivity index (χ2n) is 10.4. The molecule has 4 atom stereocenters. The van der Waals surface area contributed by atoms with Crippen molar-refractivity contribution in [3.63, 3.8) is 0 Å². The van der Waals surface area contributed by atoms with Gasteiger partial charge in [0, 0.05) is 18.2 Å². The van der Waals surface area contributed by atoms with E-state index in [9.17, 15) is 27.6 Å². The minimum absolute atomic E-state index is 0.214. The van der Waals surface area contributed by atoms with Crippen LogP contribution in [-0.2, 0) is 23.9 Å². The number of piperidine rings is 1. The number of carbonyl (C=O) groups is 4. The van der Waals surface area contributed by atoms with Crippen LogP contribution in [0.3, 0.4) is 0 Å². The lowest BCUT2D eigenvalue weighted by atomic mass is 9.75. The summed E-state index contributed by atoms with van der Waals surface area (Å²) in [5.41, 5.74) is 1.59. The quantitative estimate of drug-likeness (QED) is 0.383. The summed E-state index contributed by atoms with van der Waals surface area (Å²) in [6, 6.07) is 13.2. The van der Waals surface area contributed by atoms with Gasteiger partial charge >= 0.3 is 18.1 Å². The molecule has 3 heterocycles. The van der Waals surface area contributed by atoms with Gasteiger partial charge in [-0.25, -0.2) is 4.79 Å². The molecule has 1 N–H and O–H groups in total. The van der Waals surface area contributed by atoms with Crippen LogP contribution in [0, 0.1) is 11.8 Å². The van der Waals surface area contributed by atoms with E-state index in [1.54, 1.807) is 21.1 Å². The van der Waals surface area contributed by atoms with E-state index in [2.05, 4.69) is 4.90 Å². The molecule has 2 amide bonds. The Hall–Kier alpha value is -4.13. The van der Waals surface area contributed by atoms with Crippen LogP contribution in [0.5, 0.6) is 11.5 Å². The lowest BCUT2D eigenvalue weighted by Gasteiger charge is -2.44. The minimum atomic E-state index is -5.08. The largest absolute Gasteiger partial charge is 0.497 e. The van der Waals surface area contributed by atoms with Gasteiger partial charge in [0.25, 0.3) is 0 Å². The summed E-state index contributed by atoms with van der Waals surface area (Å²) >= 11 is 0. The van der Waals surface area contributed by atoms with Crippen molar-refractivity contribution in [3.05, 3.63) is 48.0 Å². The fraction of sp³-hybridized carbons (Fsp3) is 0.467. The Bertz CT molecular complexity index is 1400. The van der Waals surface area contributed by atoms with E-state index in [4.69, 9.17) is 24.1 Å². The van der Waals surface area contributed by atoms with Gasteiger partial charge in [-0.05, 0) is 62.1 Å². The molecule has 10 nitrogen and oxygen atoms in total. The SMILES string of the molecule is CCN1C(=O)[C@H]2[C@@H](c3ccc(-c4ccc(OC)cc4)c(OC)c3)N3CCCC[C@@]3(C(=O)OC)[C@H]2C1=O.O=C(O)C(F)(F)F. The van der Waals surface area contributed by atoms with Crippen LogP contribution in [0.2, 0.25) is 0 Å². The summed E-state index contributed by atoms with van der Waals surface area (Å²) < 4.78 is 48.1. The Morgan fingerprint density at radius 2 is 1.65 bits per heavy atom. The van der Waals surface area contributed by atoms with Crippen molar-refractivity contribution >= 4 is 23.8 Å². The number of hydrogen-bond donors (Lipinski definition) is 1. The first kappa shape index (κ1) is 31.8. The second kappa shape index (κ2) is 12.2. The molecule has 0 radical (unpaired) electrons. The molecule has 0 unspecified atom stereocenters. The number of nitrogens with zero attached hydrogens (tertiary/aromatic N) is 2. The van der Waals surface area contributed by atoms with Gasteiger partial charge in [0.05, 0.1) is 33.2 Å². The van der Waals surface area contributed by atoms with Crippen molar-refractivity contribution in [2.45, 2.75) is 43.9 Å². The third-order valence-electron chi connectivity index (χ3n) is 8.42. The van der Waals surface area contributed by atoms with Crippen molar-refractivity contribution in [1.29, 1.82) is 0 Å². The van der Waals surface area contributed by atoms with Crippen LogP contribution in [0.25, 0.3) is 11.1 Å². The van der Waals surface area contributed by atoms with Crippen LogP contribution in [-0.4, -0.2) is 84.8 Å². The third kappa shape index (κ3) is 5.41. The van der Waals surface area contributed by atoms with Gasteiger partial charge in [-0.15, -0.1) is 0 Å². The maximum Gasteiger partial charge on any atom is 0.490 e. The Kier molecular flexibility index (Phi) is 9.05. The number of imide groups is 1. The number of benzene rings is 2. The maximum absolute atomic E-state index is 13.6. The molecule has 3 saturated heterocycles. The van der Waals surface area contributed by atoms with Gasteiger partial charge in [0.15, 0.2) is 0 Å². The molecule has 13 heteroatoms. The number of halogens is 3. The Labute approximate surface area is 246 Å². The number of amides is 2. The van der Waals surface area contributed by atoms with Gasteiger partial charge in [0.2, 0.25) is 11.8 Å². The zero-order valence-electron chi connectivity index (χ0n) is 24.1. The van der Waals surface area contributed by atoms with Crippen LogP contribution in [0.1, 0.15) is 37.8 Å². The van der Waals surface area contributed by atoms with Gasteiger partial charge in [0.1, 0.15) is 17.0 Å². The van der Waals surface area contributed by atoms with Gasteiger partial charge in [-0.2, -0.15) is 13.2 Å². The maximum atomic E-state index is 13.6. The number of likely N-dealkylation sites (tertiary alicyclic amines) is 1.